The summed E-state index contributed by atoms with van der Waals surface area (Å²) in [4.78, 5) is 14.6. The number of carbonyl (C=O) groups is 1. The fraction of sp³-hybridized carbons (Fsp3) is 0.682. The molecule has 2 N–H and O–H groups in total. The lowest BCUT2D eigenvalue weighted by Crippen LogP contribution is -2.61. The monoisotopic (exact) mass is 338 g/mol. The van der Waals surface area contributed by atoms with E-state index in [1.54, 1.807) is 0 Å². The number of hydrogen-bond acceptors (Lipinski definition) is 2. The summed E-state index contributed by atoms with van der Waals surface area (Å²) in [5.41, 5.74) is 9.58. The van der Waals surface area contributed by atoms with E-state index in [0.29, 0.717) is 11.0 Å². The van der Waals surface area contributed by atoms with Crippen molar-refractivity contribution in [3.8, 4) is 0 Å². The molecule has 1 aromatic rings. The van der Waals surface area contributed by atoms with Gasteiger partial charge < -0.3 is 5.73 Å². The summed E-state index contributed by atoms with van der Waals surface area (Å²) in [7, 11) is 0. The topological polar surface area (TPSA) is 46.3 Å². The average Bonchev–Trinajstić information content (AvgIpc) is 2.59. The van der Waals surface area contributed by atoms with Crippen LogP contribution < -0.4 is 5.73 Å². The predicted octanol–water partition coefficient (Wildman–Crippen LogP) is 3.64. The largest absolute Gasteiger partial charge is 0.366 e. The molecule has 0 radical (unpaired) electrons. The van der Waals surface area contributed by atoms with Gasteiger partial charge in [-0.3, -0.25) is 9.69 Å². The van der Waals surface area contributed by atoms with Crippen LogP contribution in [0.15, 0.2) is 18.2 Å². The van der Waals surface area contributed by atoms with Gasteiger partial charge in [-0.25, -0.2) is 0 Å². The van der Waals surface area contributed by atoms with Crippen molar-refractivity contribution in [3.05, 3.63) is 34.9 Å². The van der Waals surface area contributed by atoms with Gasteiger partial charge in [0.05, 0.1) is 0 Å². The first-order valence-corrected chi connectivity index (χ1v) is 10.3. The van der Waals surface area contributed by atoms with Crippen molar-refractivity contribution < 1.29 is 4.79 Å². The number of nitrogens with zero attached hydrogens (tertiary/aromatic N) is 1. The van der Waals surface area contributed by atoms with Gasteiger partial charge in [-0.05, 0) is 80.2 Å². The second-order valence-electron chi connectivity index (χ2n) is 9.06. The number of carbonyl (C=O) groups excluding carboxylic acids is 1. The first-order valence-electron chi connectivity index (χ1n) is 10.3. The van der Waals surface area contributed by atoms with Crippen molar-refractivity contribution >= 4 is 5.91 Å². The number of likely N-dealkylation sites (tertiary alicyclic amines) is 1. The summed E-state index contributed by atoms with van der Waals surface area (Å²) in [6.07, 6.45) is 12.2. The van der Waals surface area contributed by atoms with Crippen LogP contribution in [0.3, 0.4) is 0 Å². The van der Waals surface area contributed by atoms with Crippen LogP contribution in [-0.2, 0) is 11.8 Å². The lowest BCUT2D eigenvalue weighted by Gasteiger charge is -2.59. The second-order valence-corrected chi connectivity index (χ2v) is 9.06. The highest BCUT2D eigenvalue weighted by Crippen LogP contribution is 2.56. The highest BCUT2D eigenvalue weighted by atomic mass is 16.1. The maximum absolute atomic E-state index is 11.7. The molecule has 134 valence electrons. The Labute approximate surface area is 151 Å². The molecule has 1 heterocycles. The van der Waals surface area contributed by atoms with Gasteiger partial charge in [-0.1, -0.05) is 25.3 Å². The molecule has 1 aromatic carbocycles. The number of piperidine rings is 1. The Morgan fingerprint density at radius 1 is 1.16 bits per heavy atom. The van der Waals surface area contributed by atoms with Crippen molar-refractivity contribution in [1.29, 1.82) is 0 Å². The molecule has 5 rings (SSSR count). The van der Waals surface area contributed by atoms with E-state index in [1.807, 2.05) is 6.07 Å². The third kappa shape index (κ3) is 2.38. The summed E-state index contributed by atoms with van der Waals surface area (Å²) >= 11 is 0. The van der Waals surface area contributed by atoms with Crippen molar-refractivity contribution in [3.63, 3.8) is 0 Å². The highest BCUT2D eigenvalue weighted by molar-refractivity contribution is 5.93. The van der Waals surface area contributed by atoms with Gasteiger partial charge in [0, 0.05) is 23.6 Å². The molecule has 1 saturated heterocycles. The van der Waals surface area contributed by atoms with Gasteiger partial charge in [0.15, 0.2) is 0 Å². The van der Waals surface area contributed by atoms with Crippen molar-refractivity contribution in [2.24, 2.45) is 17.6 Å². The van der Waals surface area contributed by atoms with E-state index in [4.69, 9.17) is 5.73 Å². The van der Waals surface area contributed by atoms with E-state index in [1.165, 1.54) is 82.0 Å². The Morgan fingerprint density at radius 2 is 2.04 bits per heavy atom. The summed E-state index contributed by atoms with van der Waals surface area (Å²) in [6, 6.07) is 7.05. The van der Waals surface area contributed by atoms with Gasteiger partial charge in [-0.2, -0.15) is 0 Å². The summed E-state index contributed by atoms with van der Waals surface area (Å²) < 4.78 is 0. The van der Waals surface area contributed by atoms with E-state index in [-0.39, 0.29) is 5.91 Å². The van der Waals surface area contributed by atoms with E-state index < -0.39 is 0 Å². The summed E-state index contributed by atoms with van der Waals surface area (Å²) in [6.45, 7) is 2.57. The normalized spacial score (nSPS) is 34.7. The number of amides is 1. The zero-order valence-corrected chi connectivity index (χ0v) is 15.2. The maximum Gasteiger partial charge on any atom is 0.248 e. The van der Waals surface area contributed by atoms with Crippen LogP contribution >= 0.6 is 0 Å². The number of hydrogen-bond donors (Lipinski definition) is 1. The third-order valence-electron chi connectivity index (χ3n) is 7.95. The van der Waals surface area contributed by atoms with Crippen LogP contribution in [0.2, 0.25) is 0 Å². The lowest BCUT2D eigenvalue weighted by atomic mass is 9.52. The van der Waals surface area contributed by atoms with Crippen LogP contribution in [0.5, 0.6) is 0 Å². The van der Waals surface area contributed by atoms with E-state index in [9.17, 15) is 4.79 Å². The minimum atomic E-state index is -0.281. The zero-order valence-electron chi connectivity index (χ0n) is 15.2. The Morgan fingerprint density at radius 3 is 2.80 bits per heavy atom. The molecule has 1 aliphatic heterocycles. The molecule has 3 heteroatoms. The molecule has 2 saturated carbocycles. The van der Waals surface area contributed by atoms with Crippen molar-refractivity contribution in [1.82, 2.24) is 4.90 Å². The summed E-state index contributed by atoms with van der Waals surface area (Å²) in [5, 5.41) is 0. The Balaban J connectivity index is 1.54. The number of fused-ring (bicyclic) bond motifs is 1. The Kier molecular flexibility index (Phi) is 3.70. The fourth-order valence-electron chi connectivity index (χ4n) is 6.47. The predicted molar refractivity (Wildman–Crippen MR) is 99.6 cm³/mol. The Bertz CT molecular complexity index is 695. The first-order chi connectivity index (χ1) is 12.2. The zero-order chi connectivity index (χ0) is 17.0. The average molecular weight is 338 g/mol. The molecule has 2 bridgehead atoms. The molecule has 0 spiro atoms. The molecule has 3 fully saturated rings. The standard InChI is InChI=1S/C22H30N2O/c23-21(25)17-8-7-16-13-20-18-6-1-2-9-22(18,19(16)12-17)10-11-24(20)14-15-4-3-5-15/h7-8,12,15,18,20H,1-6,9-11,13-14H2,(H2,23,25)/t18?,20-,22?/m1/s1. The third-order valence-corrected chi connectivity index (χ3v) is 7.95. The minimum Gasteiger partial charge on any atom is -0.366 e. The maximum atomic E-state index is 11.7. The molecule has 3 aliphatic carbocycles. The van der Waals surface area contributed by atoms with Crippen LogP contribution in [0, 0.1) is 11.8 Å². The quantitative estimate of drug-likeness (QED) is 0.914. The molecule has 1 amide bonds. The number of nitrogens with two attached hydrogens (primary N) is 1. The van der Waals surface area contributed by atoms with Crippen LogP contribution in [0.4, 0.5) is 0 Å². The fourth-order valence-corrected chi connectivity index (χ4v) is 6.47. The van der Waals surface area contributed by atoms with Gasteiger partial charge in [0.25, 0.3) is 0 Å². The van der Waals surface area contributed by atoms with Gasteiger partial charge in [-0.15, -0.1) is 0 Å². The molecule has 4 aliphatic rings. The minimum absolute atomic E-state index is 0.281. The molecular weight excluding hydrogens is 308 g/mol. The second kappa shape index (κ2) is 5.84. The van der Waals surface area contributed by atoms with Crippen LogP contribution in [0.1, 0.15) is 72.9 Å². The van der Waals surface area contributed by atoms with Crippen molar-refractivity contribution in [2.75, 3.05) is 13.1 Å². The number of benzene rings is 1. The van der Waals surface area contributed by atoms with E-state index >= 15 is 0 Å². The lowest BCUT2D eigenvalue weighted by molar-refractivity contribution is -0.0240. The van der Waals surface area contributed by atoms with Gasteiger partial charge in [0.1, 0.15) is 0 Å². The highest BCUT2D eigenvalue weighted by Gasteiger charge is 2.53. The van der Waals surface area contributed by atoms with Gasteiger partial charge in [0.2, 0.25) is 5.91 Å². The van der Waals surface area contributed by atoms with E-state index in [0.717, 1.165) is 17.9 Å². The van der Waals surface area contributed by atoms with Crippen molar-refractivity contribution in [2.45, 2.75) is 69.2 Å². The van der Waals surface area contributed by atoms with Gasteiger partial charge >= 0.3 is 0 Å². The van der Waals surface area contributed by atoms with Crippen LogP contribution in [0.25, 0.3) is 0 Å². The molecule has 3 nitrogen and oxygen atoms in total. The van der Waals surface area contributed by atoms with E-state index in [2.05, 4.69) is 17.0 Å². The smallest absolute Gasteiger partial charge is 0.248 e. The number of primary amides is 1. The molecule has 2 unspecified atom stereocenters. The molecular formula is C22H30N2O. The number of rotatable bonds is 3. The molecule has 3 atom stereocenters. The molecule has 25 heavy (non-hydrogen) atoms. The van der Waals surface area contributed by atoms with Crippen LogP contribution in [-0.4, -0.2) is 29.9 Å². The summed E-state index contributed by atoms with van der Waals surface area (Å²) in [5.74, 6) is 1.46. The SMILES string of the molecule is NC(=O)c1ccc2c(c1)C13CCCCC1[C@@H](C2)N(CC1CCC1)CC3. The molecule has 0 aromatic heterocycles. The Hall–Kier alpha value is -1.35. The first kappa shape index (κ1) is 15.9.